The zero-order chi connectivity index (χ0) is 0. The normalized spacial score (nSPS) is 0. The fraction of sp³-hybridized carbons (Fsp3) is 0. The van der Waals surface area contributed by atoms with E-state index in [-0.39, 0.29) is 58.9 Å². The average molecular weight is 144 g/mol. The largest absolute Gasteiger partial charge is 0.197 e. The van der Waals surface area contributed by atoms with Crippen LogP contribution in [0.3, 0.4) is 0 Å². The van der Waals surface area contributed by atoms with Crippen molar-refractivity contribution >= 4 is 41.8 Å². The molecule has 4 heteroatoms. The minimum absolute atomic E-state index is 0. The van der Waals surface area contributed by atoms with E-state index in [1.165, 1.54) is 0 Å². The molecule has 8 radical (unpaired) electrons. The molecule has 22 valence electrons. The number of hydrogen-bond acceptors (Lipinski definition) is 0. The molecule has 0 nitrogen and oxygen atoms in total. The molecule has 0 aliphatic carbocycles. The van der Waals surface area contributed by atoms with Crippen molar-refractivity contribution in [2.24, 2.45) is 0 Å². The Kier molecular flexibility index (Phi) is 264. The van der Waals surface area contributed by atoms with Crippen LogP contribution in [0.2, 0.25) is 0 Å². The first-order valence-corrected chi connectivity index (χ1v) is 0. The van der Waals surface area contributed by atoms with Crippen molar-refractivity contribution in [1.82, 2.24) is 0 Å². The summed E-state index contributed by atoms with van der Waals surface area (Å²) in [6.45, 7) is 0. The average Bonchev–Trinajstić information content (AvgIpc) is 0. The molecule has 0 aromatic rings. The molecule has 0 aromatic heterocycles. The van der Waals surface area contributed by atoms with E-state index in [1.54, 1.807) is 0 Å². The van der Waals surface area contributed by atoms with Crippen molar-refractivity contribution in [3.05, 3.63) is 0 Å². The first-order valence-electron chi connectivity index (χ1n) is 0. The van der Waals surface area contributed by atoms with Gasteiger partial charge in [-0.05, 0) is 0 Å². The minimum Gasteiger partial charge on any atom is -0.197 e. The zero-order valence-corrected chi connectivity index (χ0v) is 6.29. The molecule has 0 heterocycles. The van der Waals surface area contributed by atoms with Crippen LogP contribution in [0.5, 0.6) is 0 Å². The number of rotatable bonds is 0. The Hall–Kier alpha value is 1.62. The summed E-state index contributed by atoms with van der Waals surface area (Å²) in [6, 6.07) is 0. The van der Waals surface area contributed by atoms with Crippen LogP contribution in [0.1, 0.15) is 0 Å². The minimum atomic E-state index is 0. The van der Waals surface area contributed by atoms with Gasteiger partial charge >= 0.3 is 0 Å². The van der Waals surface area contributed by atoms with E-state index in [0.717, 1.165) is 0 Å². The van der Waals surface area contributed by atoms with Crippen molar-refractivity contribution in [3.8, 4) is 0 Å². The Morgan fingerprint density at radius 3 is 1.00 bits per heavy atom. The summed E-state index contributed by atoms with van der Waals surface area (Å²) in [5, 5.41) is 0. The Morgan fingerprint density at radius 2 is 1.00 bits per heavy atom. The van der Waals surface area contributed by atoms with Crippen molar-refractivity contribution < 1.29 is 17.1 Å². The van der Waals surface area contributed by atoms with Crippen LogP contribution in [0.25, 0.3) is 0 Å². The summed E-state index contributed by atoms with van der Waals surface area (Å²) in [6.07, 6.45) is 0. The van der Waals surface area contributed by atoms with Gasteiger partial charge in [0.1, 0.15) is 0 Å². The summed E-state index contributed by atoms with van der Waals surface area (Å²) >= 11 is 0. The van der Waals surface area contributed by atoms with Gasteiger partial charge in [-0.3, -0.25) is 0 Å². The van der Waals surface area contributed by atoms with Gasteiger partial charge in [0.15, 0.2) is 0 Å². The van der Waals surface area contributed by atoms with Crippen LogP contribution in [0, 0.1) is 0 Å². The van der Waals surface area contributed by atoms with Gasteiger partial charge in [-0.1, -0.05) is 0 Å². The van der Waals surface area contributed by atoms with Gasteiger partial charge in [0.2, 0.25) is 0 Å². The maximum Gasteiger partial charge on any atom is 0 e. The second kappa shape index (κ2) is 23.1. The quantitative estimate of drug-likeness (QED) is 0.396. The van der Waals surface area contributed by atoms with Gasteiger partial charge in [-0.15, -0.1) is 0 Å². The van der Waals surface area contributed by atoms with Crippen LogP contribution >= 0.6 is 13.5 Å². The topological polar surface area (TPSA) is 0 Å². The fourth-order valence-corrected chi connectivity index (χ4v) is 0. The maximum atomic E-state index is 0. The SMILES string of the molecule is S.[Al].[Mn].[Si]. The molecular weight excluding hydrogens is 142 g/mol. The Balaban J connectivity index is 0. The summed E-state index contributed by atoms with van der Waals surface area (Å²) in [4.78, 5) is 0. The molecule has 0 bridgehead atoms. The molecule has 0 aliphatic heterocycles. The molecular formula is H2AlMnSSi. The predicted molar refractivity (Wildman–Crippen MR) is 21.9 cm³/mol. The molecule has 0 atom stereocenters. The maximum absolute atomic E-state index is 0. The second-order valence-corrected chi connectivity index (χ2v) is 0. The molecule has 0 saturated heterocycles. The summed E-state index contributed by atoms with van der Waals surface area (Å²) in [5.41, 5.74) is 0. The van der Waals surface area contributed by atoms with Gasteiger partial charge in [0, 0.05) is 45.4 Å². The van der Waals surface area contributed by atoms with E-state index in [4.69, 9.17) is 0 Å². The van der Waals surface area contributed by atoms with Crippen LogP contribution in [0.15, 0.2) is 0 Å². The van der Waals surface area contributed by atoms with E-state index >= 15 is 0 Å². The molecule has 0 saturated carbocycles. The van der Waals surface area contributed by atoms with Gasteiger partial charge in [0.25, 0.3) is 0 Å². The van der Waals surface area contributed by atoms with E-state index in [2.05, 4.69) is 0 Å². The van der Waals surface area contributed by atoms with Gasteiger partial charge < -0.3 is 0 Å². The van der Waals surface area contributed by atoms with E-state index in [9.17, 15) is 0 Å². The van der Waals surface area contributed by atoms with E-state index < -0.39 is 0 Å². The van der Waals surface area contributed by atoms with Gasteiger partial charge in [-0.2, -0.15) is 13.5 Å². The molecule has 0 aromatic carbocycles. The Morgan fingerprint density at radius 1 is 1.00 bits per heavy atom. The summed E-state index contributed by atoms with van der Waals surface area (Å²) in [7, 11) is 0. The predicted octanol–water partition coefficient (Wildman–Crippen LogP) is -0.651. The van der Waals surface area contributed by atoms with E-state index in [0.29, 0.717) is 0 Å². The zero-order valence-electron chi connectivity index (χ0n) is 1.96. The summed E-state index contributed by atoms with van der Waals surface area (Å²) < 4.78 is 0. The first kappa shape index (κ1) is 45.7. The smallest absolute Gasteiger partial charge is 0 e. The van der Waals surface area contributed by atoms with Crippen LogP contribution in [-0.2, 0) is 17.1 Å². The molecule has 0 amide bonds. The van der Waals surface area contributed by atoms with Crippen molar-refractivity contribution in [2.75, 3.05) is 0 Å². The third-order valence-corrected chi connectivity index (χ3v) is 0. The second-order valence-electron chi connectivity index (χ2n) is 0. The molecule has 0 aliphatic rings. The van der Waals surface area contributed by atoms with Crippen LogP contribution in [-0.4, -0.2) is 28.3 Å². The Labute approximate surface area is 58.8 Å². The van der Waals surface area contributed by atoms with Crippen molar-refractivity contribution in [2.45, 2.75) is 0 Å². The molecule has 0 fully saturated rings. The standard InChI is InChI=1S/Al.Mn.H2S.Si/h;;1H2;. The van der Waals surface area contributed by atoms with Crippen LogP contribution in [0.4, 0.5) is 0 Å². The van der Waals surface area contributed by atoms with Gasteiger partial charge in [0.05, 0.1) is 0 Å². The van der Waals surface area contributed by atoms with Gasteiger partial charge in [-0.25, -0.2) is 0 Å². The number of hydrogen-bond donors (Lipinski definition) is 0. The molecule has 0 unspecified atom stereocenters. The van der Waals surface area contributed by atoms with E-state index in [1.807, 2.05) is 0 Å². The molecule has 0 rings (SSSR count). The monoisotopic (exact) mass is 144 g/mol. The first-order chi connectivity index (χ1) is 0. The fourth-order valence-electron chi connectivity index (χ4n) is 0. The third kappa shape index (κ3) is 9.47. The van der Waals surface area contributed by atoms with Crippen LogP contribution < -0.4 is 0 Å². The third-order valence-electron chi connectivity index (χ3n) is 0. The molecule has 0 N–H and O–H groups in total. The Bertz CT molecular complexity index is 8.00. The van der Waals surface area contributed by atoms with Crippen molar-refractivity contribution in [1.29, 1.82) is 0 Å². The molecule has 0 spiro atoms. The summed E-state index contributed by atoms with van der Waals surface area (Å²) in [5.74, 6) is 0. The van der Waals surface area contributed by atoms with Crippen molar-refractivity contribution in [3.63, 3.8) is 0 Å². The molecule has 4 heavy (non-hydrogen) atoms.